The summed E-state index contributed by atoms with van der Waals surface area (Å²) in [5, 5.41) is 0. The second-order valence-corrected chi connectivity index (χ2v) is 5.03. The third-order valence-corrected chi connectivity index (χ3v) is 3.46. The zero-order chi connectivity index (χ0) is 10.7. The Labute approximate surface area is 92.4 Å². The Hall–Kier alpha value is -0.410. The number of aldehydes is 1. The number of carbonyl (C=O) groups is 1. The third kappa shape index (κ3) is 3.28. The van der Waals surface area contributed by atoms with Crippen molar-refractivity contribution in [1.29, 1.82) is 0 Å². The second kappa shape index (κ2) is 5.08. The van der Waals surface area contributed by atoms with Crippen LogP contribution in [0.15, 0.2) is 0 Å². The second-order valence-electron chi connectivity index (χ2n) is 5.03. The maximum atomic E-state index is 10.6. The molecular formula is C12H22N2O. The molecule has 0 amide bonds. The van der Waals surface area contributed by atoms with E-state index >= 15 is 0 Å². The third-order valence-electron chi connectivity index (χ3n) is 3.46. The van der Waals surface area contributed by atoms with E-state index in [9.17, 15) is 4.79 Å². The van der Waals surface area contributed by atoms with Gasteiger partial charge < -0.3 is 9.69 Å². The van der Waals surface area contributed by atoms with E-state index < -0.39 is 0 Å². The first kappa shape index (κ1) is 11.1. The fraction of sp³-hybridized carbons (Fsp3) is 0.917. The van der Waals surface area contributed by atoms with Gasteiger partial charge in [-0.3, -0.25) is 4.90 Å². The molecule has 0 radical (unpaired) electrons. The average Bonchev–Trinajstić information content (AvgIpc) is 3.03. The summed E-state index contributed by atoms with van der Waals surface area (Å²) in [5.74, 6) is 0.192. The summed E-state index contributed by atoms with van der Waals surface area (Å²) in [4.78, 5) is 15.7. The van der Waals surface area contributed by atoms with Crippen molar-refractivity contribution >= 4 is 6.29 Å². The summed E-state index contributed by atoms with van der Waals surface area (Å²) >= 11 is 0. The Bertz CT molecular complexity index is 216. The summed E-state index contributed by atoms with van der Waals surface area (Å²) in [6.45, 7) is 7.74. The van der Waals surface area contributed by atoms with Crippen molar-refractivity contribution in [2.75, 3.05) is 32.7 Å². The molecule has 2 aliphatic rings. The lowest BCUT2D eigenvalue weighted by molar-refractivity contribution is -0.111. The number of carbonyl (C=O) groups excluding carboxylic acids is 1. The van der Waals surface area contributed by atoms with Crippen LogP contribution < -0.4 is 0 Å². The molecule has 3 heteroatoms. The van der Waals surface area contributed by atoms with Gasteiger partial charge in [0.25, 0.3) is 0 Å². The van der Waals surface area contributed by atoms with E-state index in [2.05, 4.69) is 9.80 Å². The zero-order valence-corrected chi connectivity index (χ0v) is 9.69. The highest BCUT2D eigenvalue weighted by Gasteiger charge is 2.29. The number of hydrogen-bond acceptors (Lipinski definition) is 3. The van der Waals surface area contributed by atoms with E-state index in [0.717, 1.165) is 25.4 Å². The fourth-order valence-corrected chi connectivity index (χ4v) is 2.43. The molecule has 0 aromatic heterocycles. The Balaban J connectivity index is 1.75. The molecule has 86 valence electrons. The van der Waals surface area contributed by atoms with Crippen LogP contribution in [0.3, 0.4) is 0 Å². The van der Waals surface area contributed by atoms with Crippen LogP contribution in [-0.4, -0.2) is 54.9 Å². The van der Waals surface area contributed by atoms with Crippen LogP contribution >= 0.6 is 0 Å². The summed E-state index contributed by atoms with van der Waals surface area (Å²) in [6.07, 6.45) is 5.15. The predicted molar refractivity (Wildman–Crippen MR) is 60.9 cm³/mol. The minimum absolute atomic E-state index is 0.192. The molecule has 1 atom stereocenters. The Kier molecular flexibility index (Phi) is 3.76. The molecule has 0 N–H and O–H groups in total. The van der Waals surface area contributed by atoms with Crippen LogP contribution in [0.2, 0.25) is 0 Å². The molecule has 1 aliphatic carbocycles. The maximum Gasteiger partial charge on any atom is 0.124 e. The highest BCUT2D eigenvalue weighted by atomic mass is 16.1. The van der Waals surface area contributed by atoms with Crippen molar-refractivity contribution in [3.63, 3.8) is 0 Å². The molecule has 2 fully saturated rings. The van der Waals surface area contributed by atoms with Crippen LogP contribution in [0.4, 0.5) is 0 Å². The molecule has 0 aromatic rings. The van der Waals surface area contributed by atoms with E-state index in [1.165, 1.54) is 38.9 Å². The van der Waals surface area contributed by atoms with Gasteiger partial charge in [-0.2, -0.15) is 0 Å². The lowest BCUT2D eigenvalue weighted by Crippen LogP contribution is -2.34. The van der Waals surface area contributed by atoms with Crippen LogP contribution in [0.1, 0.15) is 26.2 Å². The van der Waals surface area contributed by atoms with Gasteiger partial charge in [-0.25, -0.2) is 0 Å². The lowest BCUT2D eigenvalue weighted by atomic mass is 10.2. The van der Waals surface area contributed by atoms with Crippen molar-refractivity contribution in [2.24, 2.45) is 5.92 Å². The van der Waals surface area contributed by atoms with Crippen LogP contribution in [0, 0.1) is 5.92 Å². The van der Waals surface area contributed by atoms with Crippen molar-refractivity contribution in [1.82, 2.24) is 9.80 Å². The molecule has 1 saturated carbocycles. The molecule has 1 saturated heterocycles. The first-order valence-corrected chi connectivity index (χ1v) is 6.21. The van der Waals surface area contributed by atoms with E-state index in [1.807, 2.05) is 6.92 Å². The van der Waals surface area contributed by atoms with Crippen molar-refractivity contribution in [3.05, 3.63) is 0 Å². The van der Waals surface area contributed by atoms with Crippen molar-refractivity contribution in [2.45, 2.75) is 32.2 Å². The van der Waals surface area contributed by atoms with Gasteiger partial charge in [0.15, 0.2) is 0 Å². The molecule has 1 unspecified atom stereocenters. The van der Waals surface area contributed by atoms with Gasteiger partial charge in [-0.15, -0.1) is 0 Å². The topological polar surface area (TPSA) is 23.6 Å². The molecule has 0 spiro atoms. The van der Waals surface area contributed by atoms with Crippen LogP contribution in [-0.2, 0) is 4.79 Å². The molecule has 15 heavy (non-hydrogen) atoms. The Morgan fingerprint density at radius 1 is 1.27 bits per heavy atom. The average molecular weight is 210 g/mol. The number of nitrogens with zero attached hydrogens (tertiary/aromatic N) is 2. The SMILES string of the molecule is CC(C=O)CN1CCCN(C2CC2)CC1. The highest BCUT2D eigenvalue weighted by Crippen LogP contribution is 2.27. The molecular weight excluding hydrogens is 188 g/mol. The molecule has 3 nitrogen and oxygen atoms in total. The predicted octanol–water partition coefficient (Wildman–Crippen LogP) is 0.991. The van der Waals surface area contributed by atoms with E-state index in [-0.39, 0.29) is 5.92 Å². The number of rotatable bonds is 4. The molecule has 0 aromatic carbocycles. The van der Waals surface area contributed by atoms with Crippen LogP contribution in [0.5, 0.6) is 0 Å². The summed E-state index contributed by atoms with van der Waals surface area (Å²) in [7, 11) is 0. The standard InChI is InChI=1S/C12H22N2O/c1-11(10-15)9-13-5-2-6-14(8-7-13)12-3-4-12/h10-12H,2-9H2,1H3. The smallest absolute Gasteiger partial charge is 0.124 e. The molecule has 2 rings (SSSR count). The van der Waals surface area contributed by atoms with E-state index in [0.29, 0.717) is 0 Å². The van der Waals surface area contributed by atoms with Gasteiger partial charge in [0, 0.05) is 31.6 Å². The lowest BCUT2D eigenvalue weighted by Gasteiger charge is -2.22. The summed E-state index contributed by atoms with van der Waals surface area (Å²) in [6, 6.07) is 0.897. The van der Waals surface area contributed by atoms with Crippen molar-refractivity contribution in [3.8, 4) is 0 Å². The largest absolute Gasteiger partial charge is 0.303 e. The quantitative estimate of drug-likeness (QED) is 0.647. The molecule has 0 bridgehead atoms. The van der Waals surface area contributed by atoms with Gasteiger partial charge in [0.2, 0.25) is 0 Å². The monoisotopic (exact) mass is 210 g/mol. The van der Waals surface area contributed by atoms with E-state index in [4.69, 9.17) is 0 Å². The van der Waals surface area contributed by atoms with Gasteiger partial charge in [-0.1, -0.05) is 6.92 Å². The van der Waals surface area contributed by atoms with Gasteiger partial charge in [-0.05, 0) is 32.4 Å². The first-order chi connectivity index (χ1) is 7.29. The summed E-state index contributed by atoms with van der Waals surface area (Å²) < 4.78 is 0. The minimum atomic E-state index is 0.192. The number of hydrogen-bond donors (Lipinski definition) is 0. The summed E-state index contributed by atoms with van der Waals surface area (Å²) in [5.41, 5.74) is 0. The maximum absolute atomic E-state index is 10.6. The van der Waals surface area contributed by atoms with Gasteiger partial charge in [0.1, 0.15) is 6.29 Å². The van der Waals surface area contributed by atoms with Crippen molar-refractivity contribution < 1.29 is 4.79 Å². The van der Waals surface area contributed by atoms with Gasteiger partial charge in [0.05, 0.1) is 0 Å². The molecule has 1 heterocycles. The fourth-order valence-electron chi connectivity index (χ4n) is 2.43. The van der Waals surface area contributed by atoms with Gasteiger partial charge >= 0.3 is 0 Å². The van der Waals surface area contributed by atoms with E-state index in [1.54, 1.807) is 0 Å². The highest BCUT2D eigenvalue weighted by molar-refractivity contribution is 5.52. The molecule has 1 aliphatic heterocycles. The minimum Gasteiger partial charge on any atom is -0.303 e. The normalized spacial score (nSPS) is 27.3. The first-order valence-electron chi connectivity index (χ1n) is 6.21. The Morgan fingerprint density at radius 3 is 2.73 bits per heavy atom. The van der Waals surface area contributed by atoms with Crippen LogP contribution in [0.25, 0.3) is 0 Å². The Morgan fingerprint density at radius 2 is 2.07 bits per heavy atom. The zero-order valence-electron chi connectivity index (χ0n) is 9.69.